The van der Waals surface area contributed by atoms with Gasteiger partial charge in [-0.1, -0.05) is 13.8 Å². The van der Waals surface area contributed by atoms with E-state index in [0.29, 0.717) is 24.2 Å². The summed E-state index contributed by atoms with van der Waals surface area (Å²) in [5.74, 6) is 0.790. The molecular formula is C31H53NO9. The van der Waals surface area contributed by atoms with Gasteiger partial charge in [0.05, 0.1) is 38.4 Å². The highest BCUT2D eigenvalue weighted by molar-refractivity contribution is 5.69. The molecule has 5 aliphatic rings. The molecule has 0 radical (unpaired) electrons. The van der Waals surface area contributed by atoms with Gasteiger partial charge in [0.25, 0.3) is 0 Å². The van der Waals surface area contributed by atoms with Crippen LogP contribution in [0.15, 0.2) is 0 Å². The van der Waals surface area contributed by atoms with E-state index in [1.165, 1.54) is 7.11 Å². The lowest BCUT2D eigenvalue weighted by Gasteiger charge is -2.62. The van der Waals surface area contributed by atoms with Crippen molar-refractivity contribution in [1.29, 1.82) is 0 Å². The highest BCUT2D eigenvalue weighted by atomic mass is 16.5. The van der Waals surface area contributed by atoms with Gasteiger partial charge in [-0.3, -0.25) is 4.79 Å². The number of carbonyl (C=O) groups is 1. The number of carbonyl (C=O) groups excluding carboxylic acids is 1. The first-order valence-corrected chi connectivity index (χ1v) is 15.9. The molecule has 0 spiro atoms. The van der Waals surface area contributed by atoms with E-state index < -0.39 is 60.7 Å². The number of rotatable bonds is 7. The third-order valence-electron chi connectivity index (χ3n) is 13.0. The van der Waals surface area contributed by atoms with Crippen LogP contribution in [-0.2, 0) is 14.3 Å². The van der Waals surface area contributed by atoms with E-state index in [1.807, 2.05) is 0 Å². The van der Waals surface area contributed by atoms with E-state index in [0.717, 1.165) is 44.9 Å². The average Bonchev–Trinajstić information content (AvgIpc) is 3.30. The molecule has 5 fully saturated rings. The fraction of sp³-hybridized carbons (Fsp3) is 0.968. The molecule has 5 rings (SSSR count). The maximum Gasteiger partial charge on any atom is 0.307 e. The number of esters is 1. The molecule has 10 heteroatoms. The van der Waals surface area contributed by atoms with Gasteiger partial charge in [-0.05, 0) is 104 Å². The first-order valence-electron chi connectivity index (χ1n) is 15.9. The minimum atomic E-state index is -1.48. The molecule has 1 heterocycles. The van der Waals surface area contributed by atoms with Gasteiger partial charge in [-0.15, -0.1) is 0 Å². The monoisotopic (exact) mass is 583 g/mol. The van der Waals surface area contributed by atoms with E-state index in [2.05, 4.69) is 13.8 Å². The molecule has 41 heavy (non-hydrogen) atoms. The standard InChI is InChI=1S/C31H53NO9/c1-30-9-8-16(34)10-15(30)4-5-17-19-6-7-20(31(19,2)25(35)12-21(17)30)18(22(32)13-26(36)40-3)11-23-27(37)29(39)28(38)24(14-33)41-23/h15-25,27-29,33-35,37-39H,4-14,32H2,1-3H3/t15-,16-,17+,18+,19+,20-,21+,22?,23-,24-,25+,27+,28-,29-,30+,31+/m1/s1. The van der Waals surface area contributed by atoms with Crippen molar-refractivity contribution in [3.05, 3.63) is 0 Å². The third-order valence-corrected chi connectivity index (χ3v) is 13.0. The number of ether oxygens (including phenoxy) is 2. The van der Waals surface area contributed by atoms with Crippen LogP contribution in [0.25, 0.3) is 0 Å². The second kappa shape index (κ2) is 11.9. The van der Waals surface area contributed by atoms with Crippen molar-refractivity contribution in [2.24, 2.45) is 52.1 Å². The summed E-state index contributed by atoms with van der Waals surface area (Å²) in [6, 6.07) is -0.631. The highest BCUT2D eigenvalue weighted by Crippen LogP contribution is 2.68. The molecule has 16 atom stereocenters. The van der Waals surface area contributed by atoms with Crippen molar-refractivity contribution in [2.75, 3.05) is 13.7 Å². The Kier molecular flexibility index (Phi) is 9.18. The Labute approximate surface area is 243 Å². The Bertz CT molecular complexity index is 935. The molecule has 0 aromatic carbocycles. The quantitative estimate of drug-likeness (QED) is 0.211. The molecule has 4 saturated carbocycles. The number of aliphatic hydroxyl groups excluding tert-OH is 6. The number of aliphatic hydroxyl groups is 6. The summed E-state index contributed by atoms with van der Waals surface area (Å²) in [5, 5.41) is 63.8. The fourth-order valence-corrected chi connectivity index (χ4v) is 10.6. The summed E-state index contributed by atoms with van der Waals surface area (Å²) in [6.45, 7) is 4.05. The normalized spacial score (nSPS) is 51.2. The summed E-state index contributed by atoms with van der Waals surface area (Å²) in [7, 11) is 1.32. The molecule has 1 unspecified atom stereocenters. The van der Waals surface area contributed by atoms with E-state index in [4.69, 9.17) is 15.2 Å². The van der Waals surface area contributed by atoms with Crippen LogP contribution in [0.5, 0.6) is 0 Å². The van der Waals surface area contributed by atoms with Gasteiger partial charge in [0.15, 0.2) is 0 Å². The van der Waals surface area contributed by atoms with Crippen molar-refractivity contribution in [2.45, 2.75) is 127 Å². The molecule has 4 aliphatic carbocycles. The van der Waals surface area contributed by atoms with Crippen LogP contribution in [0.3, 0.4) is 0 Å². The van der Waals surface area contributed by atoms with E-state index in [9.17, 15) is 35.4 Å². The number of fused-ring (bicyclic) bond motifs is 5. The molecule has 8 N–H and O–H groups in total. The Morgan fingerprint density at radius 3 is 2.34 bits per heavy atom. The maximum absolute atomic E-state index is 12.3. The van der Waals surface area contributed by atoms with Gasteiger partial charge >= 0.3 is 5.97 Å². The van der Waals surface area contributed by atoms with Gasteiger partial charge in [-0.2, -0.15) is 0 Å². The average molecular weight is 584 g/mol. The highest BCUT2D eigenvalue weighted by Gasteiger charge is 2.64. The van der Waals surface area contributed by atoms with Crippen LogP contribution in [0.4, 0.5) is 0 Å². The molecule has 0 aromatic heterocycles. The van der Waals surface area contributed by atoms with Crippen LogP contribution >= 0.6 is 0 Å². The first kappa shape index (κ1) is 31.6. The number of hydrogen-bond donors (Lipinski definition) is 7. The minimum absolute atomic E-state index is 0.0277. The fourth-order valence-electron chi connectivity index (χ4n) is 10.6. The first-order chi connectivity index (χ1) is 19.4. The summed E-state index contributed by atoms with van der Waals surface area (Å²) in [5.41, 5.74) is 6.40. The van der Waals surface area contributed by atoms with E-state index >= 15 is 0 Å². The minimum Gasteiger partial charge on any atom is -0.469 e. The van der Waals surface area contributed by atoms with Crippen LogP contribution in [0, 0.1) is 46.3 Å². The third kappa shape index (κ3) is 5.28. The molecule has 0 aromatic rings. The topological polar surface area (TPSA) is 183 Å². The molecular weight excluding hydrogens is 530 g/mol. The zero-order valence-electron chi connectivity index (χ0n) is 24.8. The van der Waals surface area contributed by atoms with Gasteiger partial charge in [0.1, 0.15) is 24.4 Å². The predicted molar refractivity (Wildman–Crippen MR) is 149 cm³/mol. The molecule has 236 valence electrons. The molecule has 0 amide bonds. The van der Waals surface area contributed by atoms with E-state index in [-0.39, 0.29) is 42.1 Å². The van der Waals surface area contributed by atoms with Gasteiger partial charge in [0, 0.05) is 6.04 Å². The van der Waals surface area contributed by atoms with Gasteiger partial charge in [0.2, 0.25) is 0 Å². The lowest BCUT2D eigenvalue weighted by molar-refractivity contribution is -0.235. The second-order valence-electron chi connectivity index (χ2n) is 14.6. The number of nitrogens with two attached hydrogens (primary N) is 1. The summed E-state index contributed by atoms with van der Waals surface area (Å²) in [6.07, 6.45) is 0.463. The van der Waals surface area contributed by atoms with Gasteiger partial charge < -0.3 is 45.8 Å². The molecule has 1 saturated heterocycles. The zero-order chi connectivity index (χ0) is 29.9. The smallest absolute Gasteiger partial charge is 0.307 e. The van der Waals surface area contributed by atoms with Crippen LogP contribution in [-0.4, -0.2) is 99.1 Å². The summed E-state index contributed by atoms with van der Waals surface area (Å²) in [4.78, 5) is 12.3. The number of hydrogen-bond acceptors (Lipinski definition) is 10. The van der Waals surface area contributed by atoms with Crippen molar-refractivity contribution in [3.63, 3.8) is 0 Å². The Morgan fingerprint density at radius 1 is 0.951 bits per heavy atom. The molecule has 10 nitrogen and oxygen atoms in total. The van der Waals surface area contributed by atoms with Crippen molar-refractivity contribution in [3.8, 4) is 0 Å². The predicted octanol–water partition coefficient (Wildman–Crippen LogP) is 0.716. The van der Waals surface area contributed by atoms with Crippen molar-refractivity contribution < 1.29 is 44.9 Å². The second-order valence-corrected chi connectivity index (χ2v) is 14.6. The van der Waals surface area contributed by atoms with Gasteiger partial charge in [-0.25, -0.2) is 0 Å². The largest absolute Gasteiger partial charge is 0.469 e. The summed E-state index contributed by atoms with van der Waals surface area (Å²) < 4.78 is 10.8. The zero-order valence-corrected chi connectivity index (χ0v) is 24.8. The Hall–Kier alpha value is -0.850. The van der Waals surface area contributed by atoms with Crippen molar-refractivity contribution in [1.82, 2.24) is 0 Å². The van der Waals surface area contributed by atoms with Crippen LogP contribution < -0.4 is 5.73 Å². The van der Waals surface area contributed by atoms with Crippen LogP contribution in [0.1, 0.15) is 78.1 Å². The Morgan fingerprint density at radius 2 is 1.66 bits per heavy atom. The molecule has 0 bridgehead atoms. The van der Waals surface area contributed by atoms with Crippen molar-refractivity contribution >= 4 is 5.97 Å². The maximum atomic E-state index is 12.3. The van der Waals surface area contributed by atoms with Crippen LogP contribution in [0.2, 0.25) is 0 Å². The lowest BCUT2D eigenvalue weighted by atomic mass is 9.43. The molecule has 1 aliphatic heterocycles. The lowest BCUT2D eigenvalue weighted by Crippen LogP contribution is -2.61. The summed E-state index contributed by atoms with van der Waals surface area (Å²) >= 11 is 0. The Balaban J connectivity index is 1.43. The van der Waals surface area contributed by atoms with E-state index in [1.54, 1.807) is 0 Å². The SMILES string of the molecule is COC(=O)CC(N)[C@@H](C[C@H]1O[C@H](CO)[C@@H](O)[C@H](O)[C@H]1O)[C@H]1CC[C@H]2[C@@H]3CC[C@@H]4C[C@H](O)CC[C@]4(C)[C@H]3C[C@H](O)[C@]12C. The number of methoxy groups -OCH3 is 1.